The molecule has 0 N–H and O–H groups in total. The Morgan fingerprint density at radius 2 is 1.64 bits per heavy atom. The van der Waals surface area contributed by atoms with Crippen LogP contribution < -0.4 is 14.2 Å². The molecule has 0 fully saturated rings. The normalized spacial score (nSPS) is 11.8. The first-order chi connectivity index (χ1) is 12.2. The van der Waals surface area contributed by atoms with Crippen molar-refractivity contribution < 1.29 is 14.2 Å². The first kappa shape index (κ1) is 15.6. The van der Waals surface area contributed by atoms with Crippen molar-refractivity contribution in [2.45, 2.75) is 6.42 Å². The van der Waals surface area contributed by atoms with Crippen LogP contribution in [0.25, 0.3) is 22.5 Å². The number of nitrogens with zero attached hydrogens (tertiary/aromatic N) is 2. The van der Waals surface area contributed by atoms with E-state index >= 15 is 0 Å². The number of aryl methyl sites for hydroxylation is 1. The van der Waals surface area contributed by atoms with Crippen LogP contribution >= 0.6 is 0 Å². The standard InChI is InChI=1S/C20H20N2O3/c1-22-19-14-8-6-5-7-12(14)9-15(19)18(21-22)13-10-16(23-2)20(25-4)17(11-13)24-3/h5-8,10-11H,9H2,1-4H3. The molecule has 0 atom stereocenters. The average molecular weight is 336 g/mol. The molecule has 5 heteroatoms. The van der Waals surface area contributed by atoms with Gasteiger partial charge in [0.15, 0.2) is 11.5 Å². The molecule has 5 nitrogen and oxygen atoms in total. The van der Waals surface area contributed by atoms with Gasteiger partial charge in [-0.3, -0.25) is 4.68 Å². The number of ether oxygens (including phenoxy) is 3. The Bertz CT molecular complexity index is 935. The van der Waals surface area contributed by atoms with Crippen molar-refractivity contribution in [2.75, 3.05) is 21.3 Å². The van der Waals surface area contributed by atoms with Crippen LogP contribution in [0.15, 0.2) is 36.4 Å². The smallest absolute Gasteiger partial charge is 0.203 e. The summed E-state index contributed by atoms with van der Waals surface area (Å²) >= 11 is 0. The molecule has 0 spiro atoms. The summed E-state index contributed by atoms with van der Waals surface area (Å²) in [5, 5.41) is 4.77. The molecule has 25 heavy (non-hydrogen) atoms. The summed E-state index contributed by atoms with van der Waals surface area (Å²) in [5.74, 6) is 1.85. The lowest BCUT2D eigenvalue weighted by Crippen LogP contribution is -1.97. The van der Waals surface area contributed by atoms with Gasteiger partial charge in [-0.15, -0.1) is 0 Å². The largest absolute Gasteiger partial charge is 0.493 e. The molecule has 0 bridgehead atoms. The van der Waals surface area contributed by atoms with Gasteiger partial charge in [0.05, 0.1) is 32.7 Å². The highest BCUT2D eigenvalue weighted by Gasteiger charge is 2.27. The van der Waals surface area contributed by atoms with Crippen LogP contribution in [-0.2, 0) is 13.5 Å². The molecular weight excluding hydrogens is 316 g/mol. The maximum Gasteiger partial charge on any atom is 0.203 e. The maximum absolute atomic E-state index is 5.49. The van der Waals surface area contributed by atoms with E-state index in [0.29, 0.717) is 17.2 Å². The molecule has 2 aromatic carbocycles. The number of hydrogen-bond donors (Lipinski definition) is 0. The van der Waals surface area contributed by atoms with Crippen LogP contribution in [0.5, 0.6) is 17.2 Å². The summed E-state index contributed by atoms with van der Waals surface area (Å²) < 4.78 is 18.4. The molecule has 1 heterocycles. The zero-order chi connectivity index (χ0) is 17.6. The van der Waals surface area contributed by atoms with E-state index in [1.807, 2.05) is 23.9 Å². The second kappa shape index (κ2) is 5.84. The first-order valence-electron chi connectivity index (χ1n) is 8.12. The van der Waals surface area contributed by atoms with Gasteiger partial charge >= 0.3 is 0 Å². The maximum atomic E-state index is 5.49. The van der Waals surface area contributed by atoms with Gasteiger partial charge in [0.25, 0.3) is 0 Å². The fourth-order valence-corrected chi connectivity index (χ4v) is 3.62. The summed E-state index contributed by atoms with van der Waals surface area (Å²) in [6.45, 7) is 0. The van der Waals surface area contributed by atoms with Gasteiger partial charge in [-0.05, 0) is 17.7 Å². The van der Waals surface area contributed by atoms with Gasteiger partial charge in [0, 0.05) is 30.2 Å². The Balaban J connectivity index is 1.91. The average Bonchev–Trinajstić information content (AvgIpc) is 3.18. The minimum atomic E-state index is 0.588. The Labute approximate surface area is 146 Å². The van der Waals surface area contributed by atoms with Crippen molar-refractivity contribution in [2.24, 2.45) is 7.05 Å². The molecule has 4 rings (SSSR count). The van der Waals surface area contributed by atoms with E-state index in [1.54, 1.807) is 21.3 Å². The summed E-state index contributed by atoms with van der Waals surface area (Å²) in [7, 11) is 6.84. The predicted molar refractivity (Wildman–Crippen MR) is 96.5 cm³/mol. The van der Waals surface area contributed by atoms with Crippen molar-refractivity contribution in [1.29, 1.82) is 0 Å². The van der Waals surface area contributed by atoms with Gasteiger partial charge in [-0.2, -0.15) is 5.10 Å². The van der Waals surface area contributed by atoms with Crippen molar-refractivity contribution in [3.8, 4) is 39.8 Å². The number of aromatic nitrogens is 2. The fourth-order valence-electron chi connectivity index (χ4n) is 3.62. The van der Waals surface area contributed by atoms with Crippen LogP contribution in [0.2, 0.25) is 0 Å². The van der Waals surface area contributed by atoms with E-state index in [4.69, 9.17) is 19.3 Å². The SMILES string of the molecule is COc1cc(-c2nn(C)c3c2Cc2ccccc2-3)cc(OC)c1OC. The number of rotatable bonds is 4. The zero-order valence-corrected chi connectivity index (χ0v) is 14.8. The monoisotopic (exact) mass is 336 g/mol. The Morgan fingerprint density at radius 3 is 2.28 bits per heavy atom. The van der Waals surface area contributed by atoms with E-state index < -0.39 is 0 Å². The molecule has 0 aliphatic heterocycles. The summed E-state index contributed by atoms with van der Waals surface area (Å²) in [5.41, 5.74) is 6.91. The lowest BCUT2D eigenvalue weighted by molar-refractivity contribution is 0.324. The van der Waals surface area contributed by atoms with Crippen LogP contribution in [0.3, 0.4) is 0 Å². The van der Waals surface area contributed by atoms with Crippen molar-refractivity contribution in [3.63, 3.8) is 0 Å². The highest BCUT2D eigenvalue weighted by atomic mass is 16.5. The molecule has 1 aromatic heterocycles. The van der Waals surface area contributed by atoms with Crippen molar-refractivity contribution in [3.05, 3.63) is 47.5 Å². The van der Waals surface area contributed by atoms with Gasteiger partial charge in [0.1, 0.15) is 0 Å². The van der Waals surface area contributed by atoms with Crippen LogP contribution in [-0.4, -0.2) is 31.1 Å². The molecule has 0 unspecified atom stereocenters. The number of hydrogen-bond acceptors (Lipinski definition) is 4. The molecule has 128 valence electrons. The van der Waals surface area contributed by atoms with E-state index in [0.717, 1.165) is 17.7 Å². The van der Waals surface area contributed by atoms with Gasteiger partial charge < -0.3 is 14.2 Å². The van der Waals surface area contributed by atoms with Crippen molar-refractivity contribution in [1.82, 2.24) is 9.78 Å². The molecule has 0 saturated heterocycles. The molecular formula is C20H20N2O3. The molecule has 1 aliphatic carbocycles. The second-order valence-electron chi connectivity index (χ2n) is 6.05. The third kappa shape index (κ3) is 2.27. The molecule has 0 amide bonds. The minimum Gasteiger partial charge on any atom is -0.493 e. The van der Waals surface area contributed by atoms with E-state index in [-0.39, 0.29) is 0 Å². The van der Waals surface area contributed by atoms with Crippen LogP contribution in [0, 0.1) is 0 Å². The Kier molecular flexibility index (Phi) is 3.64. The highest BCUT2D eigenvalue weighted by Crippen LogP contribution is 2.45. The first-order valence-corrected chi connectivity index (χ1v) is 8.12. The van der Waals surface area contributed by atoms with E-state index in [2.05, 4.69) is 24.3 Å². The lowest BCUT2D eigenvalue weighted by Gasteiger charge is -2.13. The van der Waals surface area contributed by atoms with E-state index in [9.17, 15) is 0 Å². The second-order valence-corrected chi connectivity index (χ2v) is 6.05. The molecule has 0 saturated carbocycles. The highest BCUT2D eigenvalue weighted by molar-refractivity contribution is 5.82. The fraction of sp³-hybridized carbons (Fsp3) is 0.250. The Hall–Kier alpha value is -2.95. The molecule has 3 aromatic rings. The lowest BCUT2D eigenvalue weighted by atomic mass is 10.0. The zero-order valence-electron chi connectivity index (χ0n) is 14.8. The third-order valence-electron chi connectivity index (χ3n) is 4.72. The quantitative estimate of drug-likeness (QED) is 0.570. The number of methoxy groups -OCH3 is 3. The predicted octanol–water partition coefficient (Wildman–Crippen LogP) is 3.68. The Morgan fingerprint density at radius 1 is 0.960 bits per heavy atom. The summed E-state index contributed by atoms with van der Waals surface area (Å²) in [6, 6.07) is 12.4. The summed E-state index contributed by atoms with van der Waals surface area (Å²) in [4.78, 5) is 0. The van der Waals surface area contributed by atoms with Gasteiger partial charge in [-0.25, -0.2) is 0 Å². The van der Waals surface area contributed by atoms with E-state index in [1.165, 1.54) is 22.4 Å². The van der Waals surface area contributed by atoms with Crippen LogP contribution in [0.4, 0.5) is 0 Å². The van der Waals surface area contributed by atoms with Crippen molar-refractivity contribution >= 4 is 0 Å². The summed E-state index contributed by atoms with van der Waals surface area (Å²) in [6.07, 6.45) is 0.880. The van der Waals surface area contributed by atoms with Crippen LogP contribution in [0.1, 0.15) is 11.1 Å². The number of fused-ring (bicyclic) bond motifs is 3. The molecule has 0 radical (unpaired) electrons. The van der Waals surface area contributed by atoms with Gasteiger partial charge in [-0.1, -0.05) is 24.3 Å². The van der Waals surface area contributed by atoms with Gasteiger partial charge in [0.2, 0.25) is 5.75 Å². The topological polar surface area (TPSA) is 45.5 Å². The third-order valence-corrected chi connectivity index (χ3v) is 4.72. The minimum absolute atomic E-state index is 0.588. The molecule has 1 aliphatic rings. The number of benzene rings is 2.